The van der Waals surface area contributed by atoms with E-state index >= 15 is 0 Å². The number of carbonyl (C=O) groups is 1. The van der Waals surface area contributed by atoms with Crippen molar-refractivity contribution in [1.29, 1.82) is 5.26 Å². The molecule has 2 N–H and O–H groups in total. The van der Waals surface area contributed by atoms with Gasteiger partial charge in [-0.2, -0.15) is 5.26 Å². The molecule has 6 nitrogen and oxygen atoms in total. The molecule has 1 aliphatic heterocycles. The number of aromatic nitrogens is 1. The molecule has 8 heteroatoms. The summed E-state index contributed by atoms with van der Waals surface area (Å²) in [6.45, 7) is 3.43. The molecule has 0 aliphatic carbocycles. The van der Waals surface area contributed by atoms with Crippen LogP contribution in [0.25, 0.3) is 0 Å². The van der Waals surface area contributed by atoms with Crippen LogP contribution in [0, 0.1) is 17.2 Å². The average molecular weight is 446 g/mol. The standard InChI is InChI=1S/C22H25Cl2N5O/c23-18-4-1-3-17(13-18)22(30)28-20-14-19(24)15-27-21(20)29-11-6-16(7-12-29)5-10-26-9-2-8-25/h1,3-4,13-16,26H,2,5-7,9-12H2,(H,28,30). The summed E-state index contributed by atoms with van der Waals surface area (Å²) in [5.41, 5.74) is 1.08. The van der Waals surface area contributed by atoms with Crippen molar-refractivity contribution in [2.24, 2.45) is 5.92 Å². The predicted molar refractivity (Wildman–Crippen MR) is 121 cm³/mol. The van der Waals surface area contributed by atoms with Crippen LogP contribution in [0.2, 0.25) is 10.0 Å². The van der Waals surface area contributed by atoms with E-state index in [0.29, 0.717) is 33.6 Å². The fourth-order valence-electron chi connectivity index (χ4n) is 3.61. The number of piperidine rings is 1. The Kier molecular flexibility index (Phi) is 8.32. The molecule has 2 aromatic rings. The van der Waals surface area contributed by atoms with Crippen LogP contribution < -0.4 is 15.5 Å². The molecule has 0 radical (unpaired) electrons. The average Bonchev–Trinajstić information content (AvgIpc) is 2.74. The predicted octanol–water partition coefficient (Wildman–Crippen LogP) is 4.75. The summed E-state index contributed by atoms with van der Waals surface area (Å²) >= 11 is 12.2. The summed E-state index contributed by atoms with van der Waals surface area (Å²) in [5.74, 6) is 1.13. The number of anilines is 2. The Bertz CT molecular complexity index is 907. The van der Waals surface area contributed by atoms with E-state index < -0.39 is 0 Å². The van der Waals surface area contributed by atoms with Gasteiger partial charge < -0.3 is 15.5 Å². The van der Waals surface area contributed by atoms with Gasteiger partial charge in [0.05, 0.1) is 16.8 Å². The molecular formula is C22H25Cl2N5O. The molecule has 2 heterocycles. The lowest BCUT2D eigenvalue weighted by molar-refractivity contribution is 0.102. The van der Waals surface area contributed by atoms with Crippen LogP contribution in [0.15, 0.2) is 36.5 Å². The fraction of sp³-hybridized carbons (Fsp3) is 0.409. The monoisotopic (exact) mass is 445 g/mol. The first-order valence-corrected chi connectivity index (χ1v) is 10.9. The molecule has 1 aromatic heterocycles. The first-order valence-electron chi connectivity index (χ1n) is 10.1. The molecule has 1 fully saturated rings. The van der Waals surface area contributed by atoms with Crippen LogP contribution in [0.5, 0.6) is 0 Å². The van der Waals surface area contributed by atoms with E-state index in [1.165, 1.54) is 0 Å². The summed E-state index contributed by atoms with van der Waals surface area (Å²) in [4.78, 5) is 19.4. The van der Waals surface area contributed by atoms with Crippen molar-refractivity contribution < 1.29 is 4.79 Å². The number of carbonyl (C=O) groups excluding carboxylic acids is 1. The van der Waals surface area contributed by atoms with Gasteiger partial charge in [-0.15, -0.1) is 0 Å². The van der Waals surface area contributed by atoms with Gasteiger partial charge in [-0.25, -0.2) is 4.98 Å². The van der Waals surface area contributed by atoms with Gasteiger partial charge in [0.25, 0.3) is 5.91 Å². The zero-order chi connectivity index (χ0) is 21.3. The highest BCUT2D eigenvalue weighted by atomic mass is 35.5. The third kappa shape index (κ3) is 6.33. The number of pyridine rings is 1. The third-order valence-electron chi connectivity index (χ3n) is 5.23. The number of hydrogen-bond acceptors (Lipinski definition) is 5. The van der Waals surface area contributed by atoms with E-state index in [-0.39, 0.29) is 5.91 Å². The Hall–Kier alpha value is -2.33. The summed E-state index contributed by atoms with van der Waals surface area (Å²) in [7, 11) is 0. The van der Waals surface area contributed by atoms with Crippen molar-refractivity contribution >= 4 is 40.6 Å². The van der Waals surface area contributed by atoms with Crippen LogP contribution in [-0.2, 0) is 0 Å². The van der Waals surface area contributed by atoms with Crippen molar-refractivity contribution in [3.63, 3.8) is 0 Å². The number of hydrogen-bond donors (Lipinski definition) is 2. The van der Waals surface area contributed by atoms with E-state index in [2.05, 4.69) is 26.6 Å². The Balaban J connectivity index is 1.60. The first-order chi connectivity index (χ1) is 14.6. The third-order valence-corrected chi connectivity index (χ3v) is 5.67. The van der Waals surface area contributed by atoms with Crippen LogP contribution >= 0.6 is 23.2 Å². The maximum atomic E-state index is 12.7. The largest absolute Gasteiger partial charge is 0.355 e. The Labute approximate surface area is 187 Å². The second-order valence-electron chi connectivity index (χ2n) is 7.37. The van der Waals surface area contributed by atoms with Gasteiger partial charge >= 0.3 is 0 Å². The van der Waals surface area contributed by atoms with Gasteiger partial charge in [0, 0.05) is 42.8 Å². The minimum absolute atomic E-state index is 0.249. The lowest BCUT2D eigenvalue weighted by Crippen LogP contribution is -2.36. The molecule has 1 aromatic carbocycles. The van der Waals surface area contributed by atoms with Crippen molar-refractivity contribution in [2.45, 2.75) is 25.7 Å². The number of nitriles is 1. The number of rotatable bonds is 8. The summed E-state index contributed by atoms with van der Waals surface area (Å²) in [6, 6.07) is 10.7. The normalized spacial score (nSPS) is 14.4. The highest BCUT2D eigenvalue weighted by Gasteiger charge is 2.23. The molecule has 0 unspecified atom stereocenters. The topological polar surface area (TPSA) is 81.1 Å². The second kappa shape index (κ2) is 11.2. The number of halogens is 2. The zero-order valence-electron chi connectivity index (χ0n) is 16.7. The van der Waals surface area contributed by atoms with Crippen molar-refractivity contribution in [2.75, 3.05) is 36.4 Å². The van der Waals surface area contributed by atoms with E-state index in [1.807, 2.05) is 0 Å². The SMILES string of the molecule is N#CCCNCCC1CCN(c2ncc(Cl)cc2NC(=O)c2cccc(Cl)c2)CC1. The molecule has 0 saturated carbocycles. The van der Waals surface area contributed by atoms with Gasteiger partial charge in [-0.05, 0) is 56.0 Å². The second-order valence-corrected chi connectivity index (χ2v) is 8.24. The first kappa shape index (κ1) is 22.4. The molecule has 158 valence electrons. The molecule has 30 heavy (non-hydrogen) atoms. The van der Waals surface area contributed by atoms with E-state index in [9.17, 15) is 4.79 Å². The van der Waals surface area contributed by atoms with Crippen LogP contribution in [0.1, 0.15) is 36.0 Å². The van der Waals surface area contributed by atoms with Crippen molar-refractivity contribution in [3.8, 4) is 6.07 Å². The Morgan fingerprint density at radius 2 is 2.00 bits per heavy atom. The van der Waals surface area contributed by atoms with Crippen molar-refractivity contribution in [1.82, 2.24) is 10.3 Å². The number of benzene rings is 1. The summed E-state index contributed by atoms with van der Waals surface area (Å²) in [6.07, 6.45) is 5.38. The van der Waals surface area contributed by atoms with E-state index in [4.69, 9.17) is 28.5 Å². The summed E-state index contributed by atoms with van der Waals surface area (Å²) < 4.78 is 0. The van der Waals surface area contributed by atoms with Gasteiger partial charge in [0.15, 0.2) is 5.82 Å². The molecule has 0 atom stereocenters. The maximum absolute atomic E-state index is 12.7. The maximum Gasteiger partial charge on any atom is 0.255 e. The lowest BCUT2D eigenvalue weighted by Gasteiger charge is -2.34. The smallest absolute Gasteiger partial charge is 0.255 e. The van der Waals surface area contributed by atoms with E-state index in [0.717, 1.165) is 51.3 Å². The number of nitrogens with one attached hydrogen (secondary N) is 2. The van der Waals surface area contributed by atoms with Crippen LogP contribution in [-0.4, -0.2) is 37.1 Å². The van der Waals surface area contributed by atoms with Crippen LogP contribution in [0.4, 0.5) is 11.5 Å². The quantitative estimate of drug-likeness (QED) is 0.572. The van der Waals surface area contributed by atoms with Gasteiger partial charge in [0.2, 0.25) is 0 Å². The molecule has 3 rings (SSSR count). The van der Waals surface area contributed by atoms with Gasteiger partial charge in [-0.3, -0.25) is 4.79 Å². The molecule has 0 spiro atoms. The number of amides is 1. The molecule has 1 amide bonds. The number of nitrogens with zero attached hydrogens (tertiary/aromatic N) is 3. The Morgan fingerprint density at radius 3 is 2.73 bits per heavy atom. The zero-order valence-corrected chi connectivity index (χ0v) is 18.2. The molecule has 1 aliphatic rings. The van der Waals surface area contributed by atoms with E-state index in [1.54, 1.807) is 36.5 Å². The van der Waals surface area contributed by atoms with Crippen LogP contribution in [0.3, 0.4) is 0 Å². The fourth-order valence-corrected chi connectivity index (χ4v) is 3.96. The molecule has 1 saturated heterocycles. The minimum atomic E-state index is -0.249. The minimum Gasteiger partial charge on any atom is -0.355 e. The molecular weight excluding hydrogens is 421 g/mol. The molecule has 0 bridgehead atoms. The van der Waals surface area contributed by atoms with Gasteiger partial charge in [-0.1, -0.05) is 29.3 Å². The lowest BCUT2D eigenvalue weighted by atomic mass is 9.93. The van der Waals surface area contributed by atoms with Gasteiger partial charge in [0.1, 0.15) is 0 Å². The van der Waals surface area contributed by atoms with Crippen molar-refractivity contribution in [3.05, 3.63) is 52.1 Å². The summed E-state index contributed by atoms with van der Waals surface area (Å²) in [5, 5.41) is 15.8. The Morgan fingerprint density at radius 1 is 1.20 bits per heavy atom. The highest BCUT2D eigenvalue weighted by molar-refractivity contribution is 6.31. The highest BCUT2D eigenvalue weighted by Crippen LogP contribution is 2.31.